The number of hydrogen-bond acceptors (Lipinski definition) is 3. The maximum absolute atomic E-state index is 12.4. The Morgan fingerprint density at radius 2 is 1.90 bits per heavy atom. The number of rotatable bonds is 8. The van der Waals surface area contributed by atoms with Crippen LogP contribution < -0.4 is 5.32 Å². The second-order valence-corrected chi connectivity index (χ2v) is 5.61. The first-order valence-corrected chi connectivity index (χ1v) is 6.55. The molecular formula is C13H26F2N2O3. The normalized spacial score (nSPS) is 13.4. The Balaban J connectivity index is 4.43. The molecule has 0 aliphatic carbocycles. The summed E-state index contributed by atoms with van der Waals surface area (Å²) in [6.45, 7) is 5.94. The highest BCUT2D eigenvalue weighted by Crippen LogP contribution is 2.21. The Morgan fingerprint density at radius 1 is 1.30 bits per heavy atom. The van der Waals surface area contributed by atoms with E-state index in [1.807, 2.05) is 20.8 Å². The van der Waals surface area contributed by atoms with Gasteiger partial charge in [-0.05, 0) is 5.41 Å². The summed E-state index contributed by atoms with van der Waals surface area (Å²) >= 11 is 0. The van der Waals surface area contributed by atoms with Gasteiger partial charge in [-0.3, -0.25) is 0 Å². The van der Waals surface area contributed by atoms with Gasteiger partial charge in [0.15, 0.2) is 0 Å². The molecule has 0 saturated heterocycles. The summed E-state index contributed by atoms with van der Waals surface area (Å²) in [6, 6.07) is -0.534. The van der Waals surface area contributed by atoms with Gasteiger partial charge in [-0.25, -0.2) is 13.6 Å². The lowest BCUT2D eigenvalue weighted by atomic mass is 9.89. The number of hydrogen-bond donors (Lipinski definition) is 1. The van der Waals surface area contributed by atoms with Crippen LogP contribution in [0.2, 0.25) is 0 Å². The van der Waals surface area contributed by atoms with Gasteiger partial charge in [-0.15, -0.1) is 0 Å². The average Bonchev–Trinajstić information content (AvgIpc) is 2.32. The van der Waals surface area contributed by atoms with E-state index in [4.69, 9.17) is 9.47 Å². The molecule has 1 atom stereocenters. The molecule has 20 heavy (non-hydrogen) atoms. The van der Waals surface area contributed by atoms with Gasteiger partial charge >= 0.3 is 6.03 Å². The average molecular weight is 296 g/mol. The highest BCUT2D eigenvalue weighted by atomic mass is 19.3. The molecule has 120 valence electrons. The van der Waals surface area contributed by atoms with Gasteiger partial charge in [0.1, 0.15) is 0 Å². The van der Waals surface area contributed by atoms with Gasteiger partial charge in [0.05, 0.1) is 19.3 Å². The Kier molecular flexibility index (Phi) is 8.64. The van der Waals surface area contributed by atoms with E-state index in [0.717, 1.165) is 4.90 Å². The smallest absolute Gasteiger partial charge is 0.317 e. The van der Waals surface area contributed by atoms with Crippen LogP contribution in [0, 0.1) is 5.41 Å². The number of alkyl halides is 2. The predicted octanol–water partition coefficient (Wildman–Crippen LogP) is 1.97. The van der Waals surface area contributed by atoms with Gasteiger partial charge in [0.25, 0.3) is 6.43 Å². The lowest BCUT2D eigenvalue weighted by Crippen LogP contribution is -2.48. The van der Waals surface area contributed by atoms with E-state index in [1.54, 1.807) is 7.11 Å². The minimum Gasteiger partial charge on any atom is -0.383 e. The largest absolute Gasteiger partial charge is 0.383 e. The van der Waals surface area contributed by atoms with Crippen LogP contribution in [0.3, 0.4) is 0 Å². The van der Waals surface area contributed by atoms with Crippen molar-refractivity contribution in [1.29, 1.82) is 0 Å². The quantitative estimate of drug-likeness (QED) is 0.745. The first kappa shape index (κ1) is 19.1. The summed E-state index contributed by atoms with van der Waals surface area (Å²) in [5.74, 6) is 0. The Labute approximate surface area is 119 Å². The van der Waals surface area contributed by atoms with Crippen LogP contribution in [0.25, 0.3) is 0 Å². The van der Waals surface area contributed by atoms with Gasteiger partial charge in [-0.2, -0.15) is 0 Å². The zero-order valence-corrected chi connectivity index (χ0v) is 12.9. The van der Waals surface area contributed by atoms with E-state index in [9.17, 15) is 13.6 Å². The van der Waals surface area contributed by atoms with Gasteiger partial charge in [-0.1, -0.05) is 20.8 Å². The standard InChI is InChI=1S/C13H26F2N2O3/c1-13(2,3)10(20-5)8-16-12(18)17(6-7-19-4)9-11(14)15/h10-11H,6-9H2,1-5H3,(H,16,18). The number of urea groups is 1. The molecule has 5 nitrogen and oxygen atoms in total. The molecule has 0 radical (unpaired) electrons. The van der Waals surface area contributed by atoms with Gasteiger partial charge < -0.3 is 19.7 Å². The molecule has 0 bridgehead atoms. The minimum absolute atomic E-state index is 0.125. The molecule has 0 aromatic heterocycles. The Morgan fingerprint density at radius 3 is 2.30 bits per heavy atom. The zero-order valence-electron chi connectivity index (χ0n) is 12.9. The fraction of sp³-hybridized carbons (Fsp3) is 0.923. The van der Waals surface area contributed by atoms with Gasteiger partial charge in [0, 0.05) is 27.3 Å². The van der Waals surface area contributed by atoms with E-state index in [-0.39, 0.29) is 31.2 Å². The maximum Gasteiger partial charge on any atom is 0.317 e. The molecule has 0 fully saturated rings. The molecular weight excluding hydrogens is 270 g/mol. The fourth-order valence-electron chi connectivity index (χ4n) is 1.68. The van der Waals surface area contributed by atoms with E-state index < -0.39 is 19.0 Å². The minimum atomic E-state index is -2.57. The van der Waals surface area contributed by atoms with Crippen molar-refractivity contribution in [3.05, 3.63) is 0 Å². The summed E-state index contributed by atoms with van der Waals surface area (Å²) in [6.07, 6.45) is -2.76. The summed E-state index contributed by atoms with van der Waals surface area (Å²) in [5, 5.41) is 2.63. The summed E-state index contributed by atoms with van der Waals surface area (Å²) in [7, 11) is 3.02. The van der Waals surface area contributed by atoms with E-state index in [0.29, 0.717) is 0 Å². The molecule has 0 aromatic rings. The number of nitrogens with zero attached hydrogens (tertiary/aromatic N) is 1. The lowest BCUT2D eigenvalue weighted by Gasteiger charge is -2.30. The van der Waals surface area contributed by atoms with Gasteiger partial charge in [0.2, 0.25) is 0 Å². The number of carbonyl (C=O) groups excluding carboxylic acids is 1. The molecule has 0 aromatic carbocycles. The molecule has 1 unspecified atom stereocenters. The molecule has 7 heteroatoms. The Bertz CT molecular complexity index is 283. The fourth-order valence-corrected chi connectivity index (χ4v) is 1.68. The van der Waals surface area contributed by atoms with E-state index >= 15 is 0 Å². The predicted molar refractivity (Wildman–Crippen MR) is 73.1 cm³/mol. The van der Waals surface area contributed by atoms with Crippen LogP contribution in [0.4, 0.5) is 13.6 Å². The third-order valence-electron chi connectivity index (χ3n) is 2.90. The van der Waals surface area contributed by atoms with E-state index in [2.05, 4.69) is 5.32 Å². The van der Waals surface area contributed by atoms with Crippen LogP contribution >= 0.6 is 0 Å². The second kappa shape index (κ2) is 9.07. The highest BCUT2D eigenvalue weighted by molar-refractivity contribution is 5.74. The van der Waals surface area contributed by atoms with Crippen molar-refractivity contribution in [2.24, 2.45) is 5.41 Å². The van der Waals surface area contributed by atoms with Crippen LogP contribution in [0.15, 0.2) is 0 Å². The van der Waals surface area contributed by atoms with Crippen molar-refractivity contribution in [3.8, 4) is 0 Å². The number of ether oxygens (including phenoxy) is 2. The number of nitrogens with one attached hydrogen (secondary N) is 1. The second-order valence-electron chi connectivity index (χ2n) is 5.61. The third-order valence-corrected chi connectivity index (χ3v) is 2.90. The molecule has 0 aliphatic rings. The van der Waals surface area contributed by atoms with Crippen LogP contribution in [0.1, 0.15) is 20.8 Å². The molecule has 0 aliphatic heterocycles. The number of amides is 2. The summed E-state index contributed by atoms with van der Waals surface area (Å²) in [5.41, 5.74) is -0.151. The molecule has 0 rings (SSSR count). The van der Waals surface area contributed by atoms with Crippen molar-refractivity contribution in [3.63, 3.8) is 0 Å². The monoisotopic (exact) mass is 296 g/mol. The maximum atomic E-state index is 12.4. The van der Waals surface area contributed by atoms with Crippen LogP contribution in [-0.4, -0.2) is 63.9 Å². The molecule has 0 spiro atoms. The van der Waals surface area contributed by atoms with E-state index in [1.165, 1.54) is 7.11 Å². The number of carbonyl (C=O) groups is 1. The first-order chi connectivity index (χ1) is 9.22. The van der Waals surface area contributed by atoms with Crippen LogP contribution in [-0.2, 0) is 9.47 Å². The highest BCUT2D eigenvalue weighted by Gasteiger charge is 2.26. The van der Waals surface area contributed by atoms with Crippen molar-refractivity contribution in [1.82, 2.24) is 10.2 Å². The Hall–Kier alpha value is -0.950. The SMILES string of the molecule is COCCN(CC(F)F)C(=O)NCC(OC)C(C)(C)C. The van der Waals surface area contributed by atoms with Crippen molar-refractivity contribution in [2.45, 2.75) is 33.3 Å². The number of methoxy groups -OCH3 is 2. The summed E-state index contributed by atoms with van der Waals surface area (Å²) in [4.78, 5) is 12.9. The molecule has 0 heterocycles. The third kappa shape index (κ3) is 7.59. The van der Waals surface area contributed by atoms with Crippen LogP contribution in [0.5, 0.6) is 0 Å². The topological polar surface area (TPSA) is 50.8 Å². The summed E-state index contributed by atoms with van der Waals surface area (Å²) < 4.78 is 35.0. The number of halogens is 2. The van der Waals surface area contributed by atoms with Crippen molar-refractivity contribution < 1.29 is 23.0 Å². The van der Waals surface area contributed by atoms with Crippen molar-refractivity contribution in [2.75, 3.05) is 40.5 Å². The molecule has 2 amide bonds. The molecule has 1 N–H and O–H groups in total. The van der Waals surface area contributed by atoms with Crippen molar-refractivity contribution >= 4 is 6.03 Å². The first-order valence-electron chi connectivity index (χ1n) is 6.55. The lowest BCUT2D eigenvalue weighted by molar-refractivity contribution is 0.0175. The molecule has 0 saturated carbocycles. The zero-order chi connectivity index (χ0) is 15.8.